The second kappa shape index (κ2) is 9.88. The van der Waals surface area contributed by atoms with E-state index in [0.717, 1.165) is 16.1 Å². The second-order valence-electron chi connectivity index (χ2n) is 7.00. The summed E-state index contributed by atoms with van der Waals surface area (Å²) >= 11 is 1.60. The first-order valence-corrected chi connectivity index (χ1v) is 11.9. The molecular formula is C22H25N3O3S2. The van der Waals surface area contributed by atoms with Crippen LogP contribution in [-0.4, -0.2) is 35.0 Å². The van der Waals surface area contributed by atoms with E-state index in [1.807, 2.05) is 60.8 Å². The van der Waals surface area contributed by atoms with Crippen molar-refractivity contribution in [1.29, 1.82) is 0 Å². The van der Waals surface area contributed by atoms with E-state index in [1.165, 1.54) is 24.3 Å². The Morgan fingerprint density at radius 1 is 1.00 bits per heavy atom. The van der Waals surface area contributed by atoms with Crippen molar-refractivity contribution in [3.05, 3.63) is 82.0 Å². The number of hydrogen-bond donors (Lipinski definition) is 2. The van der Waals surface area contributed by atoms with Gasteiger partial charge in [-0.15, -0.1) is 11.3 Å². The van der Waals surface area contributed by atoms with Gasteiger partial charge in [-0.3, -0.25) is 4.79 Å². The van der Waals surface area contributed by atoms with Crippen LogP contribution in [-0.2, 0) is 23.0 Å². The number of anilines is 1. The molecule has 30 heavy (non-hydrogen) atoms. The Kier molecular flexibility index (Phi) is 7.25. The molecule has 0 spiro atoms. The summed E-state index contributed by atoms with van der Waals surface area (Å²) in [7, 11) is 0.341. The number of nitrogens with zero attached hydrogens (tertiary/aromatic N) is 1. The van der Waals surface area contributed by atoms with Crippen molar-refractivity contribution in [3.63, 3.8) is 0 Å². The average Bonchev–Trinajstić information content (AvgIpc) is 3.26. The minimum absolute atomic E-state index is 0.143. The summed E-state index contributed by atoms with van der Waals surface area (Å²) in [6, 6.07) is 17.8. The lowest BCUT2D eigenvalue weighted by atomic mass is 10.2. The van der Waals surface area contributed by atoms with Crippen LogP contribution in [0.1, 0.15) is 20.8 Å². The molecule has 0 saturated carbocycles. The van der Waals surface area contributed by atoms with Gasteiger partial charge in [-0.1, -0.05) is 18.2 Å². The van der Waals surface area contributed by atoms with Gasteiger partial charge in [-0.05, 0) is 59.8 Å². The Balaban J connectivity index is 1.54. The third kappa shape index (κ3) is 5.91. The van der Waals surface area contributed by atoms with Crippen LogP contribution in [0.15, 0.2) is 70.9 Å². The maximum absolute atomic E-state index is 12.4. The topological polar surface area (TPSA) is 78.5 Å². The van der Waals surface area contributed by atoms with Gasteiger partial charge in [-0.25, -0.2) is 13.1 Å². The van der Waals surface area contributed by atoms with Crippen molar-refractivity contribution < 1.29 is 13.2 Å². The molecule has 0 aliphatic carbocycles. The summed E-state index contributed by atoms with van der Waals surface area (Å²) in [4.78, 5) is 15.7. The van der Waals surface area contributed by atoms with E-state index in [9.17, 15) is 13.2 Å². The molecule has 0 aliphatic rings. The lowest BCUT2D eigenvalue weighted by Gasteiger charge is -2.13. The minimum atomic E-state index is -3.60. The van der Waals surface area contributed by atoms with Crippen LogP contribution in [0.2, 0.25) is 0 Å². The van der Waals surface area contributed by atoms with Gasteiger partial charge in [0.1, 0.15) is 0 Å². The zero-order valence-corrected chi connectivity index (χ0v) is 18.6. The van der Waals surface area contributed by atoms with Crippen molar-refractivity contribution in [1.82, 2.24) is 10.0 Å². The number of rotatable bonds is 9. The molecule has 0 bridgehead atoms. The summed E-state index contributed by atoms with van der Waals surface area (Å²) in [5.41, 5.74) is 2.49. The summed E-state index contributed by atoms with van der Waals surface area (Å²) in [6.07, 6.45) is 0.646. The Bertz CT molecular complexity index is 1060. The van der Waals surface area contributed by atoms with E-state index in [0.29, 0.717) is 25.1 Å². The molecule has 1 aromatic heterocycles. The number of amides is 1. The molecule has 0 fully saturated rings. The van der Waals surface area contributed by atoms with Gasteiger partial charge in [0.25, 0.3) is 5.91 Å². The minimum Gasteiger partial charge on any atom is -0.378 e. The zero-order chi connectivity index (χ0) is 21.6. The SMILES string of the molecule is CN(C)c1ccc(CNC(=O)c2ccc(S(=O)(=O)NCCc3cccs3)cc2)cc1. The lowest BCUT2D eigenvalue weighted by Crippen LogP contribution is -2.26. The van der Waals surface area contributed by atoms with Crippen LogP contribution >= 0.6 is 11.3 Å². The number of hydrogen-bond acceptors (Lipinski definition) is 5. The molecule has 2 aromatic carbocycles. The summed E-state index contributed by atoms with van der Waals surface area (Å²) in [5, 5.41) is 4.82. The van der Waals surface area contributed by atoms with Gasteiger partial charge in [-0.2, -0.15) is 0 Å². The highest BCUT2D eigenvalue weighted by Crippen LogP contribution is 2.14. The highest BCUT2D eigenvalue weighted by molar-refractivity contribution is 7.89. The average molecular weight is 444 g/mol. The first-order chi connectivity index (χ1) is 14.3. The molecule has 1 heterocycles. The van der Waals surface area contributed by atoms with Gasteiger partial charge < -0.3 is 10.2 Å². The third-order valence-corrected chi connectivity index (χ3v) is 6.99. The molecule has 0 radical (unpaired) electrons. The number of sulfonamides is 1. The fraction of sp³-hybridized carbons (Fsp3) is 0.227. The molecule has 3 aromatic rings. The standard InChI is InChI=1S/C22H25N3O3S2/c1-25(2)19-9-5-17(6-10-19)16-23-22(26)18-7-11-21(12-8-18)30(27,28)24-14-13-20-4-3-15-29-20/h3-12,15,24H,13-14,16H2,1-2H3,(H,23,26). The molecule has 3 rings (SSSR count). The van der Waals surface area contributed by atoms with Crippen molar-refractivity contribution >= 4 is 33.0 Å². The summed E-state index contributed by atoms with van der Waals surface area (Å²) in [5.74, 6) is -0.249. The highest BCUT2D eigenvalue weighted by atomic mass is 32.2. The quantitative estimate of drug-likeness (QED) is 0.532. The van der Waals surface area contributed by atoms with E-state index in [2.05, 4.69) is 10.0 Å². The molecule has 0 atom stereocenters. The molecule has 158 valence electrons. The Labute approximate surface area is 181 Å². The van der Waals surface area contributed by atoms with E-state index < -0.39 is 10.0 Å². The van der Waals surface area contributed by atoms with Crippen molar-refractivity contribution in [3.8, 4) is 0 Å². The van der Waals surface area contributed by atoms with E-state index in [1.54, 1.807) is 11.3 Å². The molecule has 0 saturated heterocycles. The molecular weight excluding hydrogens is 418 g/mol. The van der Waals surface area contributed by atoms with Gasteiger partial charge in [0.15, 0.2) is 0 Å². The first kappa shape index (κ1) is 22.0. The second-order valence-corrected chi connectivity index (χ2v) is 9.79. The largest absolute Gasteiger partial charge is 0.378 e. The van der Waals surface area contributed by atoms with Crippen molar-refractivity contribution in [2.24, 2.45) is 0 Å². The normalized spacial score (nSPS) is 11.3. The maximum Gasteiger partial charge on any atom is 0.251 e. The molecule has 0 aliphatic heterocycles. The van der Waals surface area contributed by atoms with E-state index >= 15 is 0 Å². The van der Waals surface area contributed by atoms with Gasteiger partial charge >= 0.3 is 0 Å². The smallest absolute Gasteiger partial charge is 0.251 e. The third-order valence-electron chi connectivity index (χ3n) is 4.58. The Morgan fingerprint density at radius 2 is 1.70 bits per heavy atom. The molecule has 8 heteroatoms. The van der Waals surface area contributed by atoms with Crippen LogP contribution in [0.5, 0.6) is 0 Å². The first-order valence-electron chi connectivity index (χ1n) is 9.52. The van der Waals surface area contributed by atoms with Gasteiger partial charge in [0.2, 0.25) is 10.0 Å². The van der Waals surface area contributed by atoms with Crippen molar-refractivity contribution in [2.75, 3.05) is 25.5 Å². The molecule has 0 unspecified atom stereocenters. The fourth-order valence-electron chi connectivity index (χ4n) is 2.83. The predicted octanol–water partition coefficient (Wildman–Crippen LogP) is 3.27. The Hall–Kier alpha value is -2.68. The summed E-state index contributed by atoms with van der Waals surface area (Å²) < 4.78 is 27.4. The number of thiophene rings is 1. The van der Waals surface area contributed by atoms with Crippen LogP contribution in [0.25, 0.3) is 0 Å². The zero-order valence-electron chi connectivity index (χ0n) is 17.0. The van der Waals surface area contributed by atoms with Gasteiger partial charge in [0.05, 0.1) is 4.90 Å². The van der Waals surface area contributed by atoms with Crippen LogP contribution in [0.4, 0.5) is 5.69 Å². The molecule has 6 nitrogen and oxygen atoms in total. The lowest BCUT2D eigenvalue weighted by molar-refractivity contribution is 0.0951. The van der Waals surface area contributed by atoms with E-state index in [-0.39, 0.29) is 10.8 Å². The monoisotopic (exact) mass is 443 g/mol. The number of carbonyl (C=O) groups excluding carboxylic acids is 1. The predicted molar refractivity (Wildman–Crippen MR) is 122 cm³/mol. The molecule has 2 N–H and O–H groups in total. The fourth-order valence-corrected chi connectivity index (χ4v) is 4.57. The van der Waals surface area contributed by atoms with Crippen molar-refractivity contribution in [2.45, 2.75) is 17.9 Å². The Morgan fingerprint density at radius 3 is 2.30 bits per heavy atom. The maximum atomic E-state index is 12.4. The van der Waals surface area contributed by atoms with Gasteiger partial charge in [0, 0.05) is 43.3 Å². The molecule has 1 amide bonds. The number of carbonyl (C=O) groups is 1. The van der Waals surface area contributed by atoms with E-state index in [4.69, 9.17) is 0 Å². The number of benzene rings is 2. The summed E-state index contributed by atoms with van der Waals surface area (Å²) in [6.45, 7) is 0.731. The number of nitrogens with one attached hydrogen (secondary N) is 2. The van der Waals surface area contributed by atoms with Crippen LogP contribution in [0, 0.1) is 0 Å². The highest BCUT2D eigenvalue weighted by Gasteiger charge is 2.14. The van der Waals surface area contributed by atoms with Crippen LogP contribution < -0.4 is 14.9 Å². The van der Waals surface area contributed by atoms with Crippen LogP contribution in [0.3, 0.4) is 0 Å².